The van der Waals surface area contributed by atoms with Gasteiger partial charge in [0.25, 0.3) is 0 Å². The standard InChI is InChI=1S/C26H30N4O.C25H28N4O/c1-18-14-19(2)26(28-15-18)30-21-11-12-22(30)17-29(16-21)25(31)10-4-7-20-6-3-9-24-23(20)8-5-13-27-24;1-17-12-18(2)25(27-14-17)29-16-20-13-21(29)15-28(20)24(30)10-4-7-19-6-3-9-23-22(19)8-5-11-26-23/h3,5-6,8-9,13-15,21-22H,4,7,10-12,16-17H2,1-2H3;3,5-6,8-9,11-12,14,20-21H,4,7,10,13,15-16H2,1-2H3. The molecule has 314 valence electrons. The van der Waals surface area contributed by atoms with Crippen molar-refractivity contribution in [2.45, 2.75) is 110 Å². The molecule has 10 nitrogen and oxygen atoms in total. The summed E-state index contributed by atoms with van der Waals surface area (Å²) in [6, 6.07) is 26.6. The molecule has 4 aliphatic heterocycles. The van der Waals surface area contributed by atoms with Crippen LogP contribution in [0.1, 0.15) is 78.3 Å². The van der Waals surface area contributed by atoms with Crippen LogP contribution in [0.25, 0.3) is 21.8 Å². The average Bonchev–Trinajstić information content (AvgIpc) is 3.95. The first-order valence-corrected chi connectivity index (χ1v) is 22.3. The molecule has 2 aromatic carbocycles. The first-order chi connectivity index (χ1) is 29.7. The molecule has 0 aliphatic carbocycles. The molecule has 2 amide bonds. The first kappa shape index (κ1) is 40.5. The lowest BCUT2D eigenvalue weighted by Crippen LogP contribution is -2.56. The van der Waals surface area contributed by atoms with Gasteiger partial charge in [0.2, 0.25) is 11.8 Å². The maximum atomic E-state index is 13.0. The number of aryl methyl sites for hydroxylation is 6. The summed E-state index contributed by atoms with van der Waals surface area (Å²) in [5.74, 6) is 2.79. The molecule has 4 unspecified atom stereocenters. The van der Waals surface area contributed by atoms with E-state index in [0.29, 0.717) is 48.8 Å². The first-order valence-electron chi connectivity index (χ1n) is 22.3. The van der Waals surface area contributed by atoms with Crippen LogP contribution in [-0.2, 0) is 22.4 Å². The van der Waals surface area contributed by atoms with E-state index in [0.717, 1.165) is 93.8 Å². The van der Waals surface area contributed by atoms with Crippen molar-refractivity contribution in [1.82, 2.24) is 29.7 Å². The van der Waals surface area contributed by atoms with Gasteiger partial charge in [-0.05, 0) is 130 Å². The molecule has 4 atom stereocenters. The van der Waals surface area contributed by atoms with Gasteiger partial charge < -0.3 is 19.6 Å². The van der Waals surface area contributed by atoms with Crippen LogP contribution < -0.4 is 9.80 Å². The van der Waals surface area contributed by atoms with Crippen molar-refractivity contribution in [3.63, 3.8) is 0 Å². The second-order valence-corrected chi connectivity index (χ2v) is 17.8. The van der Waals surface area contributed by atoms with Gasteiger partial charge in [0, 0.05) is 86.7 Å². The fourth-order valence-electron chi connectivity index (χ4n) is 10.6. The number of amides is 2. The molecule has 4 saturated heterocycles. The van der Waals surface area contributed by atoms with E-state index in [-0.39, 0.29) is 0 Å². The highest BCUT2D eigenvalue weighted by Gasteiger charge is 2.46. The van der Waals surface area contributed by atoms with Crippen LogP contribution in [0, 0.1) is 27.7 Å². The van der Waals surface area contributed by atoms with Gasteiger partial charge in [-0.25, -0.2) is 9.97 Å². The highest BCUT2D eigenvalue weighted by Crippen LogP contribution is 2.37. The third-order valence-corrected chi connectivity index (χ3v) is 13.4. The Balaban J connectivity index is 0.000000156. The summed E-state index contributed by atoms with van der Waals surface area (Å²) < 4.78 is 0. The number of carbonyl (C=O) groups is 2. The van der Waals surface area contributed by atoms with Crippen LogP contribution in [0.3, 0.4) is 0 Å². The van der Waals surface area contributed by atoms with Gasteiger partial charge in [-0.15, -0.1) is 0 Å². The maximum Gasteiger partial charge on any atom is 0.222 e. The summed E-state index contributed by atoms with van der Waals surface area (Å²) in [6.07, 6.45) is 15.7. The number of anilines is 2. The molecule has 4 aromatic heterocycles. The van der Waals surface area contributed by atoms with E-state index < -0.39 is 0 Å². The number of rotatable bonds is 10. The van der Waals surface area contributed by atoms with Gasteiger partial charge in [0.15, 0.2) is 0 Å². The number of likely N-dealkylation sites (tertiary alicyclic amines) is 2. The van der Waals surface area contributed by atoms with Crippen LogP contribution in [-0.4, -0.2) is 91.9 Å². The molecule has 4 bridgehead atoms. The van der Waals surface area contributed by atoms with E-state index in [2.05, 4.69) is 111 Å². The van der Waals surface area contributed by atoms with Crippen molar-refractivity contribution < 1.29 is 9.59 Å². The second kappa shape index (κ2) is 17.6. The van der Waals surface area contributed by atoms with Crippen LogP contribution in [0.15, 0.2) is 97.6 Å². The van der Waals surface area contributed by atoms with Gasteiger partial charge in [0.1, 0.15) is 11.6 Å². The summed E-state index contributed by atoms with van der Waals surface area (Å²) >= 11 is 0. The van der Waals surface area contributed by atoms with Crippen LogP contribution >= 0.6 is 0 Å². The SMILES string of the molecule is Cc1cnc(N2C3CCC2CN(C(=O)CCCc2cccc4ncccc24)C3)c(C)c1.Cc1cnc(N2CC3CC2CN3C(=O)CCCc2cccc3ncccc23)c(C)c1. The van der Waals surface area contributed by atoms with E-state index >= 15 is 0 Å². The molecule has 4 aliphatic rings. The fraction of sp³-hybridized carbons (Fsp3) is 0.412. The summed E-state index contributed by atoms with van der Waals surface area (Å²) in [7, 11) is 0. The zero-order valence-corrected chi connectivity index (χ0v) is 36.1. The van der Waals surface area contributed by atoms with Crippen LogP contribution in [0.5, 0.6) is 0 Å². The number of hydrogen-bond donors (Lipinski definition) is 0. The molecule has 0 saturated carbocycles. The number of benzene rings is 2. The van der Waals surface area contributed by atoms with E-state index in [9.17, 15) is 9.59 Å². The van der Waals surface area contributed by atoms with Gasteiger partial charge in [-0.2, -0.15) is 0 Å². The summed E-state index contributed by atoms with van der Waals surface area (Å²) in [6.45, 7) is 11.8. The molecule has 61 heavy (non-hydrogen) atoms. The Morgan fingerprint density at radius 3 is 1.69 bits per heavy atom. The molecule has 4 fully saturated rings. The van der Waals surface area contributed by atoms with Gasteiger partial charge in [0.05, 0.1) is 23.1 Å². The number of hydrogen-bond acceptors (Lipinski definition) is 8. The van der Waals surface area contributed by atoms with Crippen molar-refractivity contribution in [1.29, 1.82) is 0 Å². The lowest BCUT2D eigenvalue weighted by atomic mass is 10.0. The topological polar surface area (TPSA) is 98.7 Å². The molecule has 0 radical (unpaired) electrons. The predicted octanol–water partition coefficient (Wildman–Crippen LogP) is 8.51. The highest BCUT2D eigenvalue weighted by atomic mass is 16.2. The third-order valence-electron chi connectivity index (χ3n) is 13.4. The van der Waals surface area contributed by atoms with Gasteiger partial charge >= 0.3 is 0 Å². The molecular weight excluding hydrogens is 757 g/mol. The summed E-state index contributed by atoms with van der Waals surface area (Å²) in [5.41, 5.74) is 9.47. The van der Waals surface area contributed by atoms with Crippen molar-refractivity contribution in [3.8, 4) is 0 Å². The molecular formula is C51H58N8O2. The van der Waals surface area contributed by atoms with E-state index in [1.165, 1.54) is 44.2 Å². The Labute approximate surface area is 360 Å². The Morgan fingerprint density at radius 2 is 1.15 bits per heavy atom. The molecule has 8 heterocycles. The number of aromatic nitrogens is 4. The molecule has 0 spiro atoms. The third kappa shape index (κ3) is 8.54. The van der Waals surface area contributed by atoms with Crippen LogP contribution in [0.4, 0.5) is 11.6 Å². The maximum absolute atomic E-state index is 13.0. The van der Waals surface area contributed by atoms with E-state index in [1.807, 2.05) is 49.1 Å². The van der Waals surface area contributed by atoms with Gasteiger partial charge in [-0.1, -0.05) is 48.5 Å². The Bertz CT molecular complexity index is 2530. The number of pyridine rings is 4. The van der Waals surface area contributed by atoms with Crippen molar-refractivity contribution in [3.05, 3.63) is 131 Å². The predicted molar refractivity (Wildman–Crippen MR) is 244 cm³/mol. The quantitative estimate of drug-likeness (QED) is 0.136. The monoisotopic (exact) mass is 814 g/mol. The minimum atomic E-state index is 0.295. The zero-order chi connectivity index (χ0) is 42.0. The van der Waals surface area contributed by atoms with Crippen molar-refractivity contribution in [2.24, 2.45) is 0 Å². The van der Waals surface area contributed by atoms with E-state index in [4.69, 9.17) is 4.98 Å². The molecule has 10 heteroatoms. The Hall–Kier alpha value is -5.90. The average molecular weight is 815 g/mol. The second-order valence-electron chi connectivity index (χ2n) is 17.8. The molecule has 6 aromatic rings. The number of fused-ring (bicyclic) bond motifs is 6. The Kier molecular flexibility index (Phi) is 11.7. The Morgan fingerprint density at radius 1 is 0.590 bits per heavy atom. The smallest absolute Gasteiger partial charge is 0.222 e. The minimum absolute atomic E-state index is 0.295. The fourth-order valence-corrected chi connectivity index (χ4v) is 10.6. The highest BCUT2D eigenvalue weighted by molar-refractivity contribution is 5.83. The number of carbonyl (C=O) groups excluding carboxylic acids is 2. The van der Waals surface area contributed by atoms with Crippen molar-refractivity contribution >= 4 is 45.3 Å². The molecule has 0 N–H and O–H groups in total. The normalized spacial score (nSPS) is 20.4. The van der Waals surface area contributed by atoms with E-state index in [1.54, 1.807) is 0 Å². The number of piperazine rings is 2. The molecule has 10 rings (SSSR count). The minimum Gasteiger partial charge on any atom is -0.349 e. The number of nitrogens with zero attached hydrogens (tertiary/aromatic N) is 8. The van der Waals surface area contributed by atoms with Crippen LogP contribution in [0.2, 0.25) is 0 Å². The summed E-state index contributed by atoms with van der Waals surface area (Å²) in [5, 5.41) is 2.40. The largest absolute Gasteiger partial charge is 0.349 e. The van der Waals surface area contributed by atoms with Gasteiger partial charge in [-0.3, -0.25) is 19.6 Å². The van der Waals surface area contributed by atoms with Crippen molar-refractivity contribution in [2.75, 3.05) is 36.0 Å². The zero-order valence-electron chi connectivity index (χ0n) is 36.1. The lowest BCUT2D eigenvalue weighted by Gasteiger charge is -2.42. The summed E-state index contributed by atoms with van der Waals surface area (Å²) in [4.78, 5) is 53.3. The lowest BCUT2D eigenvalue weighted by molar-refractivity contribution is -0.133.